The van der Waals surface area contributed by atoms with E-state index in [4.69, 9.17) is 13.8 Å². The molecule has 0 atom stereocenters. The number of hydrogen-bond acceptors (Lipinski definition) is 4. The fourth-order valence-corrected chi connectivity index (χ4v) is 9.55. The summed E-state index contributed by atoms with van der Waals surface area (Å²) in [4.78, 5) is 7.17. The van der Waals surface area contributed by atoms with Gasteiger partial charge in [0.05, 0.1) is 16.5 Å². The summed E-state index contributed by atoms with van der Waals surface area (Å²) in [7, 11) is 0. The Morgan fingerprint density at radius 3 is 1.78 bits per heavy atom. The molecular weight excluding hydrogens is 733 g/mol. The lowest BCUT2D eigenvalue weighted by Gasteiger charge is -2.35. The fourth-order valence-electron chi connectivity index (χ4n) is 9.55. The van der Waals surface area contributed by atoms with Crippen molar-refractivity contribution in [2.75, 3.05) is 4.90 Å². The highest BCUT2D eigenvalue weighted by Crippen LogP contribution is 2.57. The van der Waals surface area contributed by atoms with E-state index in [9.17, 15) is 0 Å². The highest BCUT2D eigenvalue weighted by atomic mass is 16.3. The lowest BCUT2D eigenvalue weighted by atomic mass is 9.67. The number of para-hydroxylation sites is 2. The predicted octanol–water partition coefficient (Wildman–Crippen LogP) is 14.9. The van der Waals surface area contributed by atoms with Crippen molar-refractivity contribution in [1.29, 1.82) is 0 Å². The van der Waals surface area contributed by atoms with Gasteiger partial charge >= 0.3 is 0 Å². The van der Waals surface area contributed by atoms with Gasteiger partial charge in [0, 0.05) is 22.3 Å². The quantitative estimate of drug-likeness (QED) is 0.162. The van der Waals surface area contributed by atoms with E-state index in [1.807, 2.05) is 30.3 Å². The molecule has 11 aromatic rings. The van der Waals surface area contributed by atoms with Crippen LogP contribution in [0.5, 0.6) is 0 Å². The second kappa shape index (κ2) is 13.6. The Bertz CT molecular complexity index is 3290. The molecular formula is C56H36N2O2. The van der Waals surface area contributed by atoms with E-state index in [1.54, 1.807) is 0 Å². The Hall–Kier alpha value is -7.95. The first-order valence-corrected chi connectivity index (χ1v) is 20.4. The number of oxazole rings is 1. The minimum atomic E-state index is -0.539. The van der Waals surface area contributed by atoms with Crippen LogP contribution < -0.4 is 4.90 Å². The molecule has 0 radical (unpaired) electrons. The summed E-state index contributed by atoms with van der Waals surface area (Å²) >= 11 is 0. The average Bonchev–Trinajstić information content (AvgIpc) is 4.01. The maximum Gasteiger partial charge on any atom is 0.227 e. The zero-order chi connectivity index (χ0) is 39.6. The van der Waals surface area contributed by atoms with Crippen molar-refractivity contribution < 1.29 is 8.83 Å². The first-order valence-electron chi connectivity index (χ1n) is 20.4. The van der Waals surface area contributed by atoms with Crippen LogP contribution in [0, 0.1) is 0 Å². The number of furan rings is 1. The first-order chi connectivity index (χ1) is 29.7. The van der Waals surface area contributed by atoms with E-state index in [0.717, 1.165) is 61.2 Å². The molecule has 0 aliphatic heterocycles. The van der Waals surface area contributed by atoms with Gasteiger partial charge in [0.2, 0.25) is 5.89 Å². The number of anilines is 3. The van der Waals surface area contributed by atoms with E-state index in [2.05, 4.69) is 193 Å². The van der Waals surface area contributed by atoms with Crippen LogP contribution >= 0.6 is 0 Å². The summed E-state index contributed by atoms with van der Waals surface area (Å²) in [6, 6.07) is 77.8. The van der Waals surface area contributed by atoms with E-state index in [1.165, 1.54) is 38.9 Å². The second-order valence-corrected chi connectivity index (χ2v) is 15.5. The van der Waals surface area contributed by atoms with Crippen LogP contribution in [0.25, 0.3) is 66.7 Å². The molecule has 4 heteroatoms. The molecule has 0 amide bonds. The molecule has 282 valence electrons. The summed E-state index contributed by atoms with van der Waals surface area (Å²) in [6.45, 7) is 0. The molecule has 0 fully saturated rings. The van der Waals surface area contributed by atoms with Crippen LogP contribution in [-0.2, 0) is 5.41 Å². The topological polar surface area (TPSA) is 42.4 Å². The standard InChI is InChI=1S/C56H36N2O2/c1-4-15-37(16-5-1)38-27-30-42(31-28-38)58(50-24-14-26-52-54(50)46-33-29-39(35-53(46)59-52)55-57-49-23-12-13-25-51(49)60-55)43-32-34-45-44-21-10-11-22-47(44)56(48(45)36-43,40-17-6-2-7-18-40)41-19-8-3-9-20-41/h1-36H. The monoisotopic (exact) mass is 768 g/mol. The van der Waals surface area contributed by atoms with E-state index in [-0.39, 0.29) is 0 Å². The van der Waals surface area contributed by atoms with Crippen molar-refractivity contribution in [2.45, 2.75) is 5.41 Å². The predicted molar refractivity (Wildman–Crippen MR) is 244 cm³/mol. The van der Waals surface area contributed by atoms with E-state index < -0.39 is 5.41 Å². The molecule has 60 heavy (non-hydrogen) atoms. The highest BCUT2D eigenvalue weighted by Gasteiger charge is 2.46. The zero-order valence-corrected chi connectivity index (χ0v) is 32.5. The largest absolute Gasteiger partial charge is 0.456 e. The number of nitrogens with zero attached hydrogens (tertiary/aromatic N) is 2. The minimum Gasteiger partial charge on any atom is -0.456 e. The number of rotatable bonds is 7. The Labute approximate surface area is 347 Å². The molecule has 1 aliphatic carbocycles. The molecule has 2 aromatic heterocycles. The van der Waals surface area contributed by atoms with E-state index in [0.29, 0.717) is 5.89 Å². The van der Waals surface area contributed by atoms with Gasteiger partial charge in [-0.25, -0.2) is 4.98 Å². The summed E-state index contributed by atoms with van der Waals surface area (Å²) in [5.41, 5.74) is 16.4. The second-order valence-electron chi connectivity index (χ2n) is 15.5. The molecule has 1 aliphatic rings. The van der Waals surface area contributed by atoms with Crippen LogP contribution in [-0.4, -0.2) is 4.98 Å². The van der Waals surface area contributed by atoms with Crippen LogP contribution in [0.2, 0.25) is 0 Å². The highest BCUT2D eigenvalue weighted by molar-refractivity contribution is 6.14. The van der Waals surface area contributed by atoms with Crippen LogP contribution in [0.1, 0.15) is 22.3 Å². The number of fused-ring (bicyclic) bond motifs is 7. The third-order valence-electron chi connectivity index (χ3n) is 12.2. The lowest BCUT2D eigenvalue weighted by Crippen LogP contribution is -2.28. The van der Waals surface area contributed by atoms with Crippen molar-refractivity contribution in [1.82, 2.24) is 4.98 Å². The average molecular weight is 769 g/mol. The maximum absolute atomic E-state index is 6.70. The van der Waals surface area contributed by atoms with Gasteiger partial charge < -0.3 is 13.7 Å². The maximum atomic E-state index is 6.70. The Morgan fingerprint density at radius 2 is 1.02 bits per heavy atom. The van der Waals surface area contributed by atoms with Gasteiger partial charge in [-0.1, -0.05) is 152 Å². The molecule has 4 nitrogen and oxygen atoms in total. The van der Waals surface area contributed by atoms with Gasteiger partial charge in [0.15, 0.2) is 5.58 Å². The van der Waals surface area contributed by atoms with Crippen molar-refractivity contribution in [3.05, 3.63) is 241 Å². The first kappa shape index (κ1) is 34.1. The van der Waals surface area contributed by atoms with Gasteiger partial charge in [-0.2, -0.15) is 0 Å². The summed E-state index contributed by atoms with van der Waals surface area (Å²) in [5.74, 6) is 0.568. The molecule has 12 rings (SSSR count). The van der Waals surface area contributed by atoms with Crippen LogP contribution in [0.15, 0.2) is 227 Å². The molecule has 0 bridgehead atoms. The Morgan fingerprint density at radius 1 is 0.400 bits per heavy atom. The molecule has 0 saturated carbocycles. The number of benzene rings is 9. The summed E-state index contributed by atoms with van der Waals surface area (Å²) in [5, 5.41) is 2.05. The van der Waals surface area contributed by atoms with E-state index >= 15 is 0 Å². The van der Waals surface area contributed by atoms with Crippen LogP contribution in [0.4, 0.5) is 17.1 Å². The van der Waals surface area contributed by atoms with Crippen molar-refractivity contribution in [3.63, 3.8) is 0 Å². The molecule has 2 heterocycles. The fraction of sp³-hybridized carbons (Fsp3) is 0.0179. The summed E-state index contributed by atoms with van der Waals surface area (Å²) < 4.78 is 12.9. The number of aromatic nitrogens is 1. The molecule has 9 aromatic carbocycles. The van der Waals surface area contributed by atoms with Gasteiger partial charge in [-0.05, 0) is 111 Å². The smallest absolute Gasteiger partial charge is 0.227 e. The van der Waals surface area contributed by atoms with Gasteiger partial charge in [0.25, 0.3) is 0 Å². The minimum absolute atomic E-state index is 0.539. The van der Waals surface area contributed by atoms with Crippen molar-refractivity contribution >= 4 is 50.1 Å². The van der Waals surface area contributed by atoms with Gasteiger partial charge in [0.1, 0.15) is 16.7 Å². The van der Waals surface area contributed by atoms with Crippen molar-refractivity contribution in [3.8, 4) is 33.7 Å². The Balaban J connectivity index is 1.09. The molecule has 0 unspecified atom stereocenters. The normalized spacial score (nSPS) is 12.8. The van der Waals surface area contributed by atoms with Crippen molar-refractivity contribution in [2.24, 2.45) is 0 Å². The molecule has 0 saturated heterocycles. The zero-order valence-electron chi connectivity index (χ0n) is 32.5. The SMILES string of the molecule is c1ccc(-c2ccc(N(c3ccc4c(c3)C(c3ccccc3)(c3ccccc3)c3ccccc3-4)c3cccc4oc5cc(-c6nc7ccccc7o6)ccc5c34)cc2)cc1. The molecule has 0 spiro atoms. The summed E-state index contributed by atoms with van der Waals surface area (Å²) in [6.07, 6.45) is 0. The number of hydrogen-bond donors (Lipinski definition) is 0. The van der Waals surface area contributed by atoms with Crippen LogP contribution in [0.3, 0.4) is 0 Å². The third kappa shape index (κ3) is 5.21. The van der Waals surface area contributed by atoms with Gasteiger partial charge in [-0.3, -0.25) is 0 Å². The lowest BCUT2D eigenvalue weighted by molar-refractivity contribution is 0.619. The van der Waals surface area contributed by atoms with Gasteiger partial charge in [-0.15, -0.1) is 0 Å². The third-order valence-corrected chi connectivity index (χ3v) is 12.2. The molecule has 0 N–H and O–H groups in total. The Kier molecular flexibility index (Phi) is 7.72.